The van der Waals surface area contributed by atoms with Crippen molar-refractivity contribution in [3.05, 3.63) is 22.9 Å². The van der Waals surface area contributed by atoms with Crippen LogP contribution in [0.3, 0.4) is 0 Å². The Morgan fingerprint density at radius 1 is 1.37 bits per heavy atom. The molecule has 0 aromatic carbocycles. The molecule has 0 spiro atoms. The van der Waals surface area contributed by atoms with Gasteiger partial charge in [-0.2, -0.15) is 0 Å². The highest BCUT2D eigenvalue weighted by Crippen LogP contribution is 2.33. The molecule has 1 aliphatic heterocycles. The van der Waals surface area contributed by atoms with E-state index in [2.05, 4.69) is 4.90 Å². The van der Waals surface area contributed by atoms with E-state index in [0.29, 0.717) is 26.2 Å². The first-order chi connectivity index (χ1) is 9.26. The summed E-state index contributed by atoms with van der Waals surface area (Å²) >= 11 is 0. The van der Waals surface area contributed by atoms with Crippen molar-refractivity contribution in [3.63, 3.8) is 0 Å². The third-order valence-corrected chi connectivity index (χ3v) is 3.32. The molecule has 0 atom stereocenters. The Labute approximate surface area is 112 Å². The van der Waals surface area contributed by atoms with Crippen LogP contribution < -0.4 is 0 Å². The molecule has 104 valence electrons. The molecule has 0 saturated carbocycles. The monoisotopic (exact) mass is 265 g/mol. The lowest BCUT2D eigenvalue weighted by molar-refractivity contribution is -0.137. The topological polar surface area (TPSA) is 55.8 Å². The second kappa shape index (κ2) is 6.52. The molecule has 19 heavy (non-hydrogen) atoms. The fourth-order valence-corrected chi connectivity index (χ4v) is 2.49. The molecule has 5 heteroatoms. The zero-order valence-electron chi connectivity index (χ0n) is 11.2. The van der Waals surface area contributed by atoms with E-state index < -0.39 is 0 Å². The highest BCUT2D eigenvalue weighted by atomic mass is 16.5. The van der Waals surface area contributed by atoms with E-state index in [0.717, 1.165) is 42.6 Å². The van der Waals surface area contributed by atoms with E-state index in [1.165, 1.54) is 6.08 Å². The van der Waals surface area contributed by atoms with E-state index in [4.69, 9.17) is 9.47 Å². The predicted octanol–water partition coefficient (Wildman–Crippen LogP) is 1.05. The molecule has 1 fully saturated rings. The first kappa shape index (κ1) is 13.8. The number of nitrogens with zero attached hydrogens (tertiary/aromatic N) is 1. The Morgan fingerprint density at radius 3 is 2.74 bits per heavy atom. The van der Waals surface area contributed by atoms with Gasteiger partial charge in [0.1, 0.15) is 6.29 Å². The van der Waals surface area contributed by atoms with Crippen LogP contribution in [0.5, 0.6) is 0 Å². The standard InChI is InChI=1S/C14H19NO4/c1-2-19-13(17)9-11-3-4-12(10-16)14(11)15-5-7-18-8-6-15/h9-10H,2-8H2,1H3/b11-9+. The molecule has 5 nitrogen and oxygen atoms in total. The normalized spacial score (nSPS) is 21.9. The summed E-state index contributed by atoms with van der Waals surface area (Å²) < 4.78 is 10.3. The molecule has 0 unspecified atom stereocenters. The zero-order chi connectivity index (χ0) is 13.7. The van der Waals surface area contributed by atoms with Crippen molar-refractivity contribution >= 4 is 12.3 Å². The predicted molar refractivity (Wildman–Crippen MR) is 69.4 cm³/mol. The van der Waals surface area contributed by atoms with Gasteiger partial charge in [0.15, 0.2) is 0 Å². The Hall–Kier alpha value is -1.62. The fourth-order valence-electron chi connectivity index (χ4n) is 2.49. The van der Waals surface area contributed by atoms with E-state index in [-0.39, 0.29) is 5.97 Å². The van der Waals surface area contributed by atoms with Crippen LogP contribution in [-0.4, -0.2) is 50.1 Å². The van der Waals surface area contributed by atoms with Crippen LogP contribution in [-0.2, 0) is 19.1 Å². The second-order valence-corrected chi connectivity index (χ2v) is 4.51. The summed E-state index contributed by atoms with van der Waals surface area (Å²) in [6.07, 6.45) is 3.84. The van der Waals surface area contributed by atoms with Crippen molar-refractivity contribution in [1.82, 2.24) is 4.90 Å². The van der Waals surface area contributed by atoms with Gasteiger partial charge in [0.05, 0.1) is 19.8 Å². The van der Waals surface area contributed by atoms with Crippen LogP contribution in [0.1, 0.15) is 19.8 Å². The van der Waals surface area contributed by atoms with E-state index in [1.807, 2.05) is 0 Å². The fraction of sp³-hybridized carbons (Fsp3) is 0.571. The van der Waals surface area contributed by atoms with Gasteiger partial charge in [-0.05, 0) is 25.3 Å². The van der Waals surface area contributed by atoms with Crippen LogP contribution in [0.4, 0.5) is 0 Å². The van der Waals surface area contributed by atoms with Gasteiger partial charge < -0.3 is 14.4 Å². The number of hydrogen-bond donors (Lipinski definition) is 0. The molecule has 0 aromatic rings. The van der Waals surface area contributed by atoms with Gasteiger partial charge >= 0.3 is 5.97 Å². The van der Waals surface area contributed by atoms with Gasteiger partial charge in [0.25, 0.3) is 0 Å². The summed E-state index contributed by atoms with van der Waals surface area (Å²) in [5, 5.41) is 0. The number of ether oxygens (including phenoxy) is 2. The average Bonchev–Trinajstić information content (AvgIpc) is 2.82. The minimum absolute atomic E-state index is 0.338. The van der Waals surface area contributed by atoms with E-state index >= 15 is 0 Å². The Morgan fingerprint density at radius 2 is 2.11 bits per heavy atom. The highest BCUT2D eigenvalue weighted by Gasteiger charge is 2.26. The summed E-state index contributed by atoms with van der Waals surface area (Å²) in [6.45, 7) is 4.96. The van der Waals surface area contributed by atoms with Gasteiger partial charge in [0.2, 0.25) is 0 Å². The quantitative estimate of drug-likeness (QED) is 0.432. The smallest absolute Gasteiger partial charge is 0.331 e. The molecule has 0 radical (unpaired) electrons. The molecule has 0 amide bonds. The van der Waals surface area contributed by atoms with Crippen molar-refractivity contribution in [1.29, 1.82) is 0 Å². The maximum atomic E-state index is 11.6. The number of carbonyl (C=O) groups excluding carboxylic acids is 2. The van der Waals surface area contributed by atoms with Gasteiger partial charge in [-0.3, -0.25) is 4.79 Å². The molecule has 1 saturated heterocycles. The first-order valence-electron chi connectivity index (χ1n) is 6.65. The third-order valence-electron chi connectivity index (χ3n) is 3.32. The second-order valence-electron chi connectivity index (χ2n) is 4.51. The van der Waals surface area contributed by atoms with Gasteiger partial charge in [-0.1, -0.05) is 0 Å². The SMILES string of the molecule is CCOC(=O)/C=C1\CCC(C=O)=C1N1CCOCC1. The van der Waals surface area contributed by atoms with Gasteiger partial charge in [-0.25, -0.2) is 4.79 Å². The summed E-state index contributed by atoms with van der Waals surface area (Å²) in [5.41, 5.74) is 2.59. The van der Waals surface area contributed by atoms with Crippen molar-refractivity contribution in [2.75, 3.05) is 32.9 Å². The number of hydrogen-bond acceptors (Lipinski definition) is 5. The number of esters is 1. The lowest BCUT2D eigenvalue weighted by Crippen LogP contribution is -2.36. The minimum Gasteiger partial charge on any atom is -0.463 e. The van der Waals surface area contributed by atoms with Crippen molar-refractivity contribution < 1.29 is 19.1 Å². The number of rotatable bonds is 4. The van der Waals surface area contributed by atoms with Crippen molar-refractivity contribution in [2.45, 2.75) is 19.8 Å². The van der Waals surface area contributed by atoms with Crippen LogP contribution >= 0.6 is 0 Å². The molecule has 2 aliphatic rings. The molecule has 0 aromatic heterocycles. The molecule has 2 rings (SSSR count). The lowest BCUT2D eigenvalue weighted by Gasteiger charge is -2.31. The van der Waals surface area contributed by atoms with Crippen molar-refractivity contribution in [2.24, 2.45) is 0 Å². The Balaban J connectivity index is 2.21. The molecule has 0 bridgehead atoms. The molecular weight excluding hydrogens is 246 g/mol. The molecule has 1 heterocycles. The minimum atomic E-state index is -0.338. The zero-order valence-corrected chi connectivity index (χ0v) is 11.2. The Kier molecular flexibility index (Phi) is 4.74. The van der Waals surface area contributed by atoms with Gasteiger partial charge in [0, 0.05) is 30.4 Å². The van der Waals surface area contributed by atoms with E-state index in [1.54, 1.807) is 6.92 Å². The van der Waals surface area contributed by atoms with Crippen LogP contribution in [0.15, 0.2) is 22.9 Å². The third kappa shape index (κ3) is 3.23. The summed E-state index contributed by atoms with van der Waals surface area (Å²) in [4.78, 5) is 24.9. The van der Waals surface area contributed by atoms with Crippen LogP contribution in [0.2, 0.25) is 0 Å². The maximum absolute atomic E-state index is 11.6. The molecule has 1 aliphatic carbocycles. The number of carbonyl (C=O) groups is 2. The van der Waals surface area contributed by atoms with Crippen LogP contribution in [0.25, 0.3) is 0 Å². The summed E-state index contributed by atoms with van der Waals surface area (Å²) in [7, 11) is 0. The maximum Gasteiger partial charge on any atom is 0.331 e. The number of allylic oxidation sites excluding steroid dienone is 2. The highest BCUT2D eigenvalue weighted by molar-refractivity contribution is 5.86. The lowest BCUT2D eigenvalue weighted by atomic mass is 10.1. The number of morpholine rings is 1. The average molecular weight is 265 g/mol. The largest absolute Gasteiger partial charge is 0.463 e. The first-order valence-corrected chi connectivity index (χ1v) is 6.65. The van der Waals surface area contributed by atoms with E-state index in [9.17, 15) is 9.59 Å². The molecular formula is C14H19NO4. The molecule has 0 N–H and O–H groups in total. The Bertz CT molecular complexity index is 419. The van der Waals surface area contributed by atoms with Gasteiger partial charge in [-0.15, -0.1) is 0 Å². The number of aldehydes is 1. The van der Waals surface area contributed by atoms with Crippen LogP contribution in [0, 0.1) is 0 Å². The summed E-state index contributed by atoms with van der Waals surface area (Å²) in [5.74, 6) is -0.338. The van der Waals surface area contributed by atoms with Crippen molar-refractivity contribution in [3.8, 4) is 0 Å². The summed E-state index contributed by atoms with van der Waals surface area (Å²) in [6, 6.07) is 0.